The number of carbonyl (C=O) groups excluding carboxylic acids is 3. The third kappa shape index (κ3) is 2.89. The highest BCUT2D eigenvalue weighted by Gasteiger charge is 2.40. The minimum Gasteiger partial charge on any atom is -0.322 e. The maximum atomic E-state index is 14.7. The number of hydrogen-bond donors (Lipinski definition) is 2. The molecule has 0 saturated carbocycles. The van der Waals surface area contributed by atoms with Crippen molar-refractivity contribution in [3.05, 3.63) is 34.6 Å². The van der Waals surface area contributed by atoms with E-state index in [1.54, 1.807) is 11.1 Å². The molecule has 26 heavy (non-hydrogen) atoms. The highest BCUT2D eigenvalue weighted by molar-refractivity contribution is 6.05. The Hall–Kier alpha value is -2.32. The van der Waals surface area contributed by atoms with Gasteiger partial charge in [0.2, 0.25) is 11.8 Å². The zero-order valence-corrected chi connectivity index (χ0v) is 14.3. The van der Waals surface area contributed by atoms with Crippen molar-refractivity contribution in [2.75, 3.05) is 13.1 Å². The van der Waals surface area contributed by atoms with E-state index in [0.717, 1.165) is 18.4 Å². The second-order valence-corrected chi connectivity index (χ2v) is 7.24. The molecule has 0 aliphatic carbocycles. The highest BCUT2D eigenvalue weighted by Crippen LogP contribution is 2.35. The fraction of sp³-hybridized carbons (Fsp3) is 0.500. The molecule has 1 unspecified atom stereocenters. The summed E-state index contributed by atoms with van der Waals surface area (Å²) < 4.78 is 14.7. The topological polar surface area (TPSA) is 95.7 Å². The van der Waals surface area contributed by atoms with Gasteiger partial charge in [0, 0.05) is 31.6 Å². The Labute approximate surface area is 150 Å². The molecule has 1 aromatic rings. The molecule has 1 aromatic carbocycles. The number of nitrogens with zero attached hydrogens (tertiary/aromatic N) is 2. The Balaban J connectivity index is 1.58. The molecule has 8 heteroatoms. The van der Waals surface area contributed by atoms with Gasteiger partial charge in [0.05, 0.1) is 0 Å². The van der Waals surface area contributed by atoms with Crippen molar-refractivity contribution < 1.29 is 18.8 Å². The quantitative estimate of drug-likeness (QED) is 0.596. The molecule has 0 bridgehead atoms. The maximum Gasteiger partial charge on any atom is 0.255 e. The van der Waals surface area contributed by atoms with Gasteiger partial charge in [-0.15, -0.1) is 0 Å². The van der Waals surface area contributed by atoms with E-state index in [2.05, 4.69) is 5.32 Å². The molecule has 0 aromatic heterocycles. The normalized spacial score (nSPS) is 24.8. The van der Waals surface area contributed by atoms with Gasteiger partial charge in [-0.2, -0.15) is 0 Å². The molecule has 0 spiro atoms. The van der Waals surface area contributed by atoms with Crippen LogP contribution in [-0.2, 0) is 16.1 Å². The van der Waals surface area contributed by atoms with Gasteiger partial charge in [-0.1, -0.05) is 6.07 Å². The van der Waals surface area contributed by atoms with E-state index >= 15 is 0 Å². The summed E-state index contributed by atoms with van der Waals surface area (Å²) in [5.41, 5.74) is 1.67. The van der Waals surface area contributed by atoms with Crippen LogP contribution in [0.15, 0.2) is 12.1 Å². The van der Waals surface area contributed by atoms with E-state index in [-0.39, 0.29) is 36.5 Å². The van der Waals surface area contributed by atoms with Crippen LogP contribution in [0.2, 0.25) is 0 Å². The van der Waals surface area contributed by atoms with Crippen molar-refractivity contribution in [1.29, 1.82) is 0 Å². The van der Waals surface area contributed by atoms with Gasteiger partial charge < -0.3 is 4.90 Å². The predicted octanol–water partition coefficient (Wildman–Crippen LogP) is 0.640. The number of imide groups is 1. The van der Waals surface area contributed by atoms with Crippen LogP contribution in [0.1, 0.15) is 53.1 Å². The predicted molar refractivity (Wildman–Crippen MR) is 90.2 cm³/mol. The Kier molecular flexibility index (Phi) is 4.24. The lowest BCUT2D eigenvalue weighted by Crippen LogP contribution is -2.52. The van der Waals surface area contributed by atoms with Crippen LogP contribution < -0.4 is 11.2 Å². The minimum atomic E-state index is -0.681. The molecule has 3 N–H and O–H groups in total. The summed E-state index contributed by atoms with van der Waals surface area (Å²) in [5.74, 6) is 4.34. The summed E-state index contributed by atoms with van der Waals surface area (Å²) in [7, 11) is 0. The van der Waals surface area contributed by atoms with E-state index in [1.165, 1.54) is 11.0 Å². The zero-order valence-electron chi connectivity index (χ0n) is 14.3. The lowest BCUT2D eigenvalue weighted by molar-refractivity contribution is -0.136. The Morgan fingerprint density at radius 1 is 1.12 bits per heavy atom. The Morgan fingerprint density at radius 3 is 2.54 bits per heavy atom. The average molecular weight is 360 g/mol. The highest BCUT2D eigenvalue weighted by atomic mass is 19.1. The van der Waals surface area contributed by atoms with Crippen LogP contribution in [0.25, 0.3) is 0 Å². The number of piperidine rings is 2. The average Bonchev–Trinajstić information content (AvgIpc) is 2.91. The summed E-state index contributed by atoms with van der Waals surface area (Å²) in [4.78, 5) is 37.5. The molecule has 2 fully saturated rings. The van der Waals surface area contributed by atoms with Gasteiger partial charge in [0.1, 0.15) is 11.9 Å². The number of nitrogens with two attached hydrogens (primary N) is 1. The molecular formula is C18H21FN4O3. The number of hydrogen-bond acceptors (Lipinski definition) is 5. The van der Waals surface area contributed by atoms with Gasteiger partial charge in [0.25, 0.3) is 5.91 Å². The van der Waals surface area contributed by atoms with Crippen molar-refractivity contribution >= 4 is 17.7 Å². The van der Waals surface area contributed by atoms with E-state index in [9.17, 15) is 18.8 Å². The molecule has 1 atom stereocenters. The van der Waals surface area contributed by atoms with Gasteiger partial charge in [-0.25, -0.2) is 9.40 Å². The van der Waals surface area contributed by atoms with Crippen molar-refractivity contribution in [3.63, 3.8) is 0 Å². The fourth-order valence-electron chi connectivity index (χ4n) is 4.13. The number of benzene rings is 1. The molecule has 138 valence electrons. The number of carbonyl (C=O) groups is 3. The Bertz CT molecular complexity index is 789. The molecule has 2 saturated heterocycles. The monoisotopic (exact) mass is 360 g/mol. The first-order valence-electron chi connectivity index (χ1n) is 8.90. The van der Waals surface area contributed by atoms with Crippen molar-refractivity contribution in [2.24, 2.45) is 5.84 Å². The van der Waals surface area contributed by atoms with Crippen molar-refractivity contribution in [2.45, 2.75) is 44.2 Å². The smallest absolute Gasteiger partial charge is 0.255 e. The van der Waals surface area contributed by atoms with Crippen LogP contribution in [-0.4, -0.2) is 46.8 Å². The molecule has 3 heterocycles. The Morgan fingerprint density at radius 2 is 1.85 bits per heavy atom. The summed E-state index contributed by atoms with van der Waals surface area (Å²) >= 11 is 0. The standard InChI is InChI=1S/C18H21FN4O3/c19-14-8-13-11(7-12(14)10-3-5-22(20)6-4-10)9-23(18(13)26)15-1-2-16(24)21-17(15)25/h7-8,10,15H,1-6,9,20H2,(H,21,24,25). The van der Waals surface area contributed by atoms with Gasteiger partial charge in [-0.05, 0) is 42.4 Å². The number of rotatable bonds is 2. The first-order chi connectivity index (χ1) is 12.4. The first kappa shape index (κ1) is 17.1. The van der Waals surface area contributed by atoms with Crippen LogP contribution >= 0.6 is 0 Å². The van der Waals surface area contributed by atoms with Crippen molar-refractivity contribution in [3.8, 4) is 0 Å². The van der Waals surface area contributed by atoms with E-state index in [4.69, 9.17) is 5.84 Å². The fourth-order valence-corrected chi connectivity index (χ4v) is 4.13. The van der Waals surface area contributed by atoms with Crippen LogP contribution in [0.3, 0.4) is 0 Å². The molecule has 3 aliphatic rings. The third-order valence-corrected chi connectivity index (χ3v) is 5.61. The van der Waals surface area contributed by atoms with Gasteiger partial charge >= 0.3 is 0 Å². The molecule has 0 radical (unpaired) electrons. The number of amides is 3. The zero-order chi connectivity index (χ0) is 18.4. The van der Waals surface area contributed by atoms with Crippen molar-refractivity contribution in [1.82, 2.24) is 15.2 Å². The SMILES string of the molecule is NN1CCC(c2cc3c(cc2F)C(=O)N(C2CCC(=O)NC2=O)C3)CC1. The van der Waals surface area contributed by atoms with E-state index in [1.807, 2.05) is 0 Å². The summed E-state index contributed by atoms with van der Waals surface area (Å²) in [5, 5.41) is 4.00. The molecular weight excluding hydrogens is 339 g/mol. The second-order valence-electron chi connectivity index (χ2n) is 7.24. The maximum absolute atomic E-state index is 14.7. The van der Waals surface area contributed by atoms with Gasteiger partial charge in [-0.3, -0.25) is 25.5 Å². The lowest BCUT2D eigenvalue weighted by Gasteiger charge is -2.29. The number of halogens is 1. The molecule has 3 amide bonds. The van der Waals surface area contributed by atoms with Crippen LogP contribution in [0, 0.1) is 5.82 Å². The summed E-state index contributed by atoms with van der Waals surface area (Å²) in [6.45, 7) is 1.69. The summed E-state index contributed by atoms with van der Waals surface area (Å²) in [6, 6.07) is 2.39. The minimum absolute atomic E-state index is 0.0832. The van der Waals surface area contributed by atoms with Crippen LogP contribution in [0.5, 0.6) is 0 Å². The third-order valence-electron chi connectivity index (χ3n) is 5.61. The molecule has 7 nitrogen and oxygen atoms in total. The lowest BCUT2D eigenvalue weighted by atomic mass is 9.88. The molecule has 4 rings (SSSR count). The molecule has 3 aliphatic heterocycles. The van der Waals surface area contributed by atoms with Crippen LogP contribution in [0.4, 0.5) is 4.39 Å². The number of nitrogens with one attached hydrogen (secondary N) is 1. The summed E-state index contributed by atoms with van der Waals surface area (Å²) in [6.07, 6.45) is 2.05. The first-order valence-corrected chi connectivity index (χ1v) is 8.90. The number of fused-ring (bicyclic) bond motifs is 1. The van der Waals surface area contributed by atoms with E-state index in [0.29, 0.717) is 30.6 Å². The number of hydrazine groups is 1. The van der Waals surface area contributed by atoms with E-state index < -0.39 is 11.9 Å². The van der Waals surface area contributed by atoms with Gasteiger partial charge in [0.15, 0.2) is 0 Å². The largest absolute Gasteiger partial charge is 0.322 e. The second kappa shape index (κ2) is 6.44.